The van der Waals surface area contributed by atoms with Crippen molar-refractivity contribution in [2.45, 2.75) is 25.7 Å². The quantitative estimate of drug-likeness (QED) is 0.495. The van der Waals surface area contributed by atoms with Gasteiger partial charge in [0.15, 0.2) is 11.5 Å². The lowest BCUT2D eigenvalue weighted by Gasteiger charge is -2.21. The van der Waals surface area contributed by atoms with Crippen LogP contribution in [0.4, 0.5) is 0 Å². The highest BCUT2D eigenvalue weighted by atomic mass is 16.5. The Balaban J connectivity index is 2.66. The molecule has 29 heavy (non-hydrogen) atoms. The second-order valence-electron chi connectivity index (χ2n) is 6.10. The maximum atomic E-state index is 12.6. The summed E-state index contributed by atoms with van der Waals surface area (Å²) in [6.45, 7) is 1.89. The van der Waals surface area contributed by atoms with Gasteiger partial charge in [0.25, 0.3) is 5.56 Å². The summed E-state index contributed by atoms with van der Waals surface area (Å²) in [5, 5.41) is 5.15. The largest absolute Gasteiger partial charge is 0.493 e. The minimum absolute atomic E-state index is 0.174. The molecule has 1 heterocycles. The molecule has 1 atom stereocenters. The molecule has 10 nitrogen and oxygen atoms in total. The van der Waals surface area contributed by atoms with Gasteiger partial charge in [-0.2, -0.15) is 0 Å². The third-order valence-electron chi connectivity index (χ3n) is 4.39. The van der Waals surface area contributed by atoms with Crippen molar-refractivity contribution in [1.82, 2.24) is 10.2 Å². The first-order valence-electron chi connectivity index (χ1n) is 8.90. The fourth-order valence-electron chi connectivity index (χ4n) is 3.24. The van der Waals surface area contributed by atoms with Crippen molar-refractivity contribution >= 4 is 11.9 Å². The highest BCUT2D eigenvalue weighted by molar-refractivity contribution is 5.77. The van der Waals surface area contributed by atoms with Gasteiger partial charge < -0.3 is 29.8 Å². The van der Waals surface area contributed by atoms with Gasteiger partial charge in [0.2, 0.25) is 11.7 Å². The molecule has 2 rings (SSSR count). The van der Waals surface area contributed by atoms with Gasteiger partial charge in [-0.15, -0.1) is 0 Å². The minimum Gasteiger partial charge on any atom is -0.493 e. The van der Waals surface area contributed by atoms with Crippen LogP contribution in [0.2, 0.25) is 0 Å². The summed E-state index contributed by atoms with van der Waals surface area (Å²) in [4.78, 5) is 36.3. The van der Waals surface area contributed by atoms with E-state index in [-0.39, 0.29) is 25.0 Å². The van der Waals surface area contributed by atoms with E-state index >= 15 is 0 Å². The van der Waals surface area contributed by atoms with E-state index in [0.29, 0.717) is 28.5 Å². The van der Waals surface area contributed by atoms with Crippen molar-refractivity contribution in [2.24, 2.45) is 5.73 Å². The van der Waals surface area contributed by atoms with Crippen LogP contribution in [0.25, 0.3) is 0 Å². The molecule has 0 saturated heterocycles. The molecular formula is C19H25N3O7. The van der Waals surface area contributed by atoms with Gasteiger partial charge >= 0.3 is 5.97 Å². The number of aromatic amines is 2. The van der Waals surface area contributed by atoms with Gasteiger partial charge in [0.1, 0.15) is 0 Å². The molecule has 158 valence electrons. The summed E-state index contributed by atoms with van der Waals surface area (Å²) in [5.74, 6) is -0.917. The van der Waals surface area contributed by atoms with Crippen LogP contribution in [0.15, 0.2) is 16.9 Å². The number of ether oxygens (including phenoxy) is 4. The standard InChI is InChI=1S/C19H25N3O7/c1-5-29-15(24)9-12-16(19(25)22-21-12)11(8-14(20)23)10-6-7-13(26-2)18(28-4)17(10)27-3/h6-7,11H,5,8-9H2,1-4H3,(H2,20,23)(H2,21,22,25)/t11-/m0/s1. The molecule has 2 aromatic rings. The zero-order valence-corrected chi connectivity index (χ0v) is 16.8. The number of H-pyrrole nitrogens is 2. The molecule has 0 aliphatic rings. The minimum atomic E-state index is -0.790. The Hall–Kier alpha value is -3.43. The number of methoxy groups -OCH3 is 3. The molecule has 0 fully saturated rings. The van der Waals surface area contributed by atoms with Crippen LogP contribution in [0.1, 0.15) is 36.1 Å². The summed E-state index contributed by atoms with van der Waals surface area (Å²) in [5.41, 5.74) is 5.96. The molecule has 4 N–H and O–H groups in total. The number of hydrogen-bond donors (Lipinski definition) is 3. The average molecular weight is 407 g/mol. The van der Waals surface area contributed by atoms with Crippen molar-refractivity contribution in [3.05, 3.63) is 39.3 Å². The number of esters is 1. The molecule has 1 amide bonds. The predicted octanol–water partition coefficient (Wildman–Crippen LogP) is 0.842. The first-order chi connectivity index (χ1) is 13.9. The van der Waals surface area contributed by atoms with Gasteiger partial charge in [-0.3, -0.25) is 19.5 Å². The van der Waals surface area contributed by atoms with Crippen molar-refractivity contribution in [3.8, 4) is 17.2 Å². The number of aromatic nitrogens is 2. The number of carbonyl (C=O) groups is 2. The zero-order valence-electron chi connectivity index (χ0n) is 16.8. The maximum Gasteiger partial charge on any atom is 0.311 e. The molecule has 0 bridgehead atoms. The second-order valence-corrected chi connectivity index (χ2v) is 6.10. The summed E-state index contributed by atoms with van der Waals surface area (Å²) >= 11 is 0. The number of primary amides is 1. The molecule has 0 unspecified atom stereocenters. The molecule has 0 saturated carbocycles. The topological polar surface area (TPSA) is 146 Å². The number of amides is 1. The van der Waals surface area contributed by atoms with Gasteiger partial charge in [-0.05, 0) is 13.0 Å². The summed E-state index contributed by atoms with van der Waals surface area (Å²) in [6.07, 6.45) is -0.366. The van der Waals surface area contributed by atoms with E-state index in [1.54, 1.807) is 19.1 Å². The van der Waals surface area contributed by atoms with Crippen LogP contribution < -0.4 is 25.5 Å². The van der Waals surface area contributed by atoms with E-state index in [0.717, 1.165) is 0 Å². The Morgan fingerprint density at radius 2 is 1.76 bits per heavy atom. The number of nitrogens with one attached hydrogen (secondary N) is 2. The van der Waals surface area contributed by atoms with Crippen LogP contribution in [0.5, 0.6) is 17.2 Å². The van der Waals surface area contributed by atoms with Crippen molar-refractivity contribution < 1.29 is 28.5 Å². The molecule has 1 aromatic carbocycles. The van der Waals surface area contributed by atoms with E-state index in [1.807, 2.05) is 0 Å². The number of nitrogens with two attached hydrogens (primary N) is 1. The van der Waals surface area contributed by atoms with Gasteiger partial charge in [0.05, 0.1) is 40.1 Å². The Morgan fingerprint density at radius 1 is 1.07 bits per heavy atom. The van der Waals surface area contributed by atoms with Crippen LogP contribution in [-0.4, -0.2) is 50.0 Å². The molecule has 1 aromatic heterocycles. The maximum absolute atomic E-state index is 12.6. The highest BCUT2D eigenvalue weighted by Gasteiger charge is 2.30. The fourth-order valence-corrected chi connectivity index (χ4v) is 3.24. The number of benzene rings is 1. The van der Waals surface area contributed by atoms with E-state index in [9.17, 15) is 14.4 Å². The lowest BCUT2D eigenvalue weighted by Crippen LogP contribution is -2.22. The number of hydrogen-bond acceptors (Lipinski definition) is 7. The van der Waals surface area contributed by atoms with E-state index in [4.69, 9.17) is 24.7 Å². The summed E-state index contributed by atoms with van der Waals surface area (Å²) in [6, 6.07) is 3.30. The molecule has 0 spiro atoms. The second kappa shape index (κ2) is 9.67. The Labute approximate surface area is 167 Å². The van der Waals surface area contributed by atoms with E-state index in [1.165, 1.54) is 21.3 Å². The summed E-state index contributed by atoms with van der Waals surface area (Å²) in [7, 11) is 4.36. The zero-order chi connectivity index (χ0) is 21.6. The SMILES string of the molecule is CCOC(=O)Cc1[nH][nH]c(=O)c1[C@@H](CC(N)=O)c1ccc(OC)c(OC)c1OC. The third-order valence-corrected chi connectivity index (χ3v) is 4.39. The van der Waals surface area contributed by atoms with Crippen LogP contribution >= 0.6 is 0 Å². The predicted molar refractivity (Wildman–Crippen MR) is 104 cm³/mol. The summed E-state index contributed by atoms with van der Waals surface area (Å²) < 4.78 is 21.1. The monoisotopic (exact) mass is 407 g/mol. The number of carbonyl (C=O) groups excluding carboxylic acids is 2. The Bertz CT molecular complexity index is 932. The van der Waals surface area contributed by atoms with Gasteiger partial charge in [-0.1, -0.05) is 6.07 Å². The fraction of sp³-hybridized carbons (Fsp3) is 0.421. The van der Waals surface area contributed by atoms with Crippen LogP contribution in [0.3, 0.4) is 0 Å². The normalized spacial score (nSPS) is 11.6. The molecule has 0 aliphatic carbocycles. The number of rotatable bonds is 10. The third kappa shape index (κ3) is 4.71. The highest BCUT2D eigenvalue weighted by Crippen LogP contribution is 2.45. The van der Waals surface area contributed by atoms with Crippen molar-refractivity contribution in [3.63, 3.8) is 0 Å². The van der Waals surface area contributed by atoms with Crippen LogP contribution in [0, 0.1) is 0 Å². The van der Waals surface area contributed by atoms with Crippen molar-refractivity contribution in [1.29, 1.82) is 0 Å². The van der Waals surface area contributed by atoms with Gasteiger partial charge in [-0.25, -0.2) is 0 Å². The molecule has 10 heteroatoms. The van der Waals surface area contributed by atoms with Gasteiger partial charge in [0, 0.05) is 23.5 Å². The smallest absolute Gasteiger partial charge is 0.311 e. The first-order valence-corrected chi connectivity index (χ1v) is 8.90. The molecular weight excluding hydrogens is 382 g/mol. The Kier molecular flexibility index (Phi) is 7.29. The average Bonchev–Trinajstić information content (AvgIpc) is 3.04. The van der Waals surface area contributed by atoms with Crippen LogP contribution in [-0.2, 0) is 20.7 Å². The molecule has 0 radical (unpaired) electrons. The van der Waals surface area contributed by atoms with Crippen molar-refractivity contribution in [2.75, 3.05) is 27.9 Å². The van der Waals surface area contributed by atoms with E-state index in [2.05, 4.69) is 10.2 Å². The first kappa shape index (κ1) is 21.9. The lowest BCUT2D eigenvalue weighted by atomic mass is 9.86. The molecule has 0 aliphatic heterocycles. The lowest BCUT2D eigenvalue weighted by molar-refractivity contribution is -0.142. The van der Waals surface area contributed by atoms with E-state index < -0.39 is 23.4 Å². The Morgan fingerprint density at radius 3 is 2.31 bits per heavy atom.